The molecule has 5 heteroatoms. The van der Waals surface area contributed by atoms with Crippen LogP contribution in [0.4, 0.5) is 0 Å². The smallest absolute Gasteiger partial charge is 0.254 e. The summed E-state index contributed by atoms with van der Waals surface area (Å²) in [6.07, 6.45) is 1.78. The van der Waals surface area contributed by atoms with Gasteiger partial charge in [0, 0.05) is 24.6 Å². The zero-order valence-corrected chi connectivity index (χ0v) is 11.2. The highest BCUT2D eigenvalue weighted by atomic mass is 79.9. The number of hydrogen-bond acceptors (Lipinski definition) is 3. The first-order valence-corrected chi connectivity index (χ1v) is 6.65. The molecule has 0 aliphatic heterocycles. The van der Waals surface area contributed by atoms with Gasteiger partial charge < -0.3 is 9.30 Å². The number of pyridine rings is 1. The Balaban J connectivity index is 2.81. The van der Waals surface area contributed by atoms with Crippen LogP contribution in [0.2, 0.25) is 0 Å². The predicted octanol–water partition coefficient (Wildman–Crippen LogP) is 2.37. The van der Waals surface area contributed by atoms with Crippen molar-refractivity contribution < 1.29 is 4.74 Å². The van der Waals surface area contributed by atoms with Crippen LogP contribution in [-0.4, -0.2) is 23.2 Å². The molecule has 0 radical (unpaired) electrons. The van der Waals surface area contributed by atoms with Crippen molar-refractivity contribution in [2.75, 3.05) is 18.6 Å². The lowest BCUT2D eigenvalue weighted by atomic mass is 10.4. The molecule has 15 heavy (non-hydrogen) atoms. The Morgan fingerprint density at radius 2 is 2.33 bits per heavy atom. The minimum atomic E-state index is -0.0215. The van der Waals surface area contributed by atoms with Gasteiger partial charge in [-0.15, -0.1) is 0 Å². The molecule has 0 amide bonds. The minimum Gasteiger partial charge on any atom is -0.495 e. The quantitative estimate of drug-likeness (QED) is 0.781. The van der Waals surface area contributed by atoms with Crippen LogP contribution >= 0.6 is 27.7 Å². The van der Waals surface area contributed by atoms with E-state index in [0.717, 1.165) is 22.5 Å². The molecule has 0 N–H and O–H groups in total. The van der Waals surface area contributed by atoms with Crippen LogP contribution in [-0.2, 0) is 6.54 Å². The van der Waals surface area contributed by atoms with E-state index in [4.69, 9.17) is 4.74 Å². The van der Waals surface area contributed by atoms with Crippen molar-refractivity contribution in [2.45, 2.75) is 13.5 Å². The van der Waals surface area contributed by atoms with Gasteiger partial charge in [-0.3, -0.25) is 4.79 Å². The van der Waals surface area contributed by atoms with E-state index >= 15 is 0 Å². The Bertz CT molecular complexity index is 378. The fraction of sp³-hybridized carbons (Fsp3) is 0.500. The normalized spacial score (nSPS) is 10.3. The van der Waals surface area contributed by atoms with Crippen LogP contribution in [0.25, 0.3) is 0 Å². The molecule has 0 unspecified atom stereocenters. The molecule has 84 valence electrons. The van der Waals surface area contributed by atoms with Gasteiger partial charge in [0.15, 0.2) is 0 Å². The molecule has 0 aliphatic rings. The number of ether oxygens (including phenoxy) is 1. The molecule has 1 aromatic rings. The van der Waals surface area contributed by atoms with Gasteiger partial charge in [-0.25, -0.2) is 0 Å². The molecule has 3 nitrogen and oxygen atoms in total. The molecule has 0 fully saturated rings. The number of hydrogen-bond donors (Lipinski definition) is 0. The van der Waals surface area contributed by atoms with Gasteiger partial charge in [-0.05, 0) is 21.7 Å². The van der Waals surface area contributed by atoms with Crippen LogP contribution in [0.1, 0.15) is 6.92 Å². The topological polar surface area (TPSA) is 31.2 Å². The average molecular weight is 292 g/mol. The molecule has 0 saturated carbocycles. The fourth-order valence-electron chi connectivity index (χ4n) is 1.17. The lowest BCUT2D eigenvalue weighted by molar-refractivity contribution is 0.409. The van der Waals surface area contributed by atoms with Crippen LogP contribution in [0.3, 0.4) is 0 Å². The number of thioether (sulfide) groups is 1. The standard InChI is InChI=1S/C10H14BrNO2S/c1-3-15-5-4-12-7-8(11)9(14-2)6-10(12)13/h6-7H,3-5H2,1-2H3. The van der Waals surface area contributed by atoms with E-state index in [-0.39, 0.29) is 5.56 Å². The third kappa shape index (κ3) is 3.57. The zero-order chi connectivity index (χ0) is 11.3. The molecule has 0 spiro atoms. The molecule has 1 aromatic heterocycles. The Morgan fingerprint density at radius 1 is 1.60 bits per heavy atom. The maximum absolute atomic E-state index is 11.6. The molecule has 0 bridgehead atoms. The van der Waals surface area contributed by atoms with E-state index in [9.17, 15) is 4.79 Å². The Hall–Kier alpha value is -0.420. The molecule has 0 aromatic carbocycles. The molecule has 0 saturated heterocycles. The maximum Gasteiger partial charge on any atom is 0.254 e. The fourth-order valence-corrected chi connectivity index (χ4v) is 2.30. The first kappa shape index (κ1) is 12.6. The van der Waals surface area contributed by atoms with Gasteiger partial charge in [-0.2, -0.15) is 11.8 Å². The summed E-state index contributed by atoms with van der Waals surface area (Å²) < 4.78 is 7.54. The first-order chi connectivity index (χ1) is 7.19. The SMILES string of the molecule is CCSCCn1cc(Br)c(OC)cc1=O. The average Bonchev–Trinajstić information content (AvgIpc) is 2.23. The van der Waals surface area contributed by atoms with Crippen molar-refractivity contribution in [1.82, 2.24) is 4.57 Å². The molecule has 0 atom stereocenters. The second kappa shape index (κ2) is 6.23. The summed E-state index contributed by atoms with van der Waals surface area (Å²) in [6.45, 7) is 2.84. The number of rotatable bonds is 5. The monoisotopic (exact) mass is 291 g/mol. The zero-order valence-electron chi connectivity index (χ0n) is 8.83. The van der Waals surface area contributed by atoms with Gasteiger partial charge in [0.2, 0.25) is 0 Å². The van der Waals surface area contributed by atoms with Crippen molar-refractivity contribution in [3.8, 4) is 5.75 Å². The highest BCUT2D eigenvalue weighted by molar-refractivity contribution is 9.10. The second-order valence-corrected chi connectivity index (χ2v) is 5.17. The van der Waals surface area contributed by atoms with Gasteiger partial charge in [0.25, 0.3) is 5.56 Å². The lowest BCUT2D eigenvalue weighted by Crippen LogP contribution is -2.20. The second-order valence-electron chi connectivity index (χ2n) is 2.92. The summed E-state index contributed by atoms with van der Waals surface area (Å²) in [6, 6.07) is 1.50. The first-order valence-electron chi connectivity index (χ1n) is 4.70. The molecular formula is C10H14BrNO2S. The van der Waals surface area contributed by atoms with Gasteiger partial charge in [0.05, 0.1) is 11.6 Å². The van der Waals surface area contributed by atoms with Gasteiger partial charge in [-0.1, -0.05) is 6.92 Å². The minimum absolute atomic E-state index is 0.0215. The third-order valence-electron chi connectivity index (χ3n) is 1.94. The van der Waals surface area contributed by atoms with E-state index in [2.05, 4.69) is 22.9 Å². The van der Waals surface area contributed by atoms with Crippen LogP contribution < -0.4 is 10.3 Å². The highest BCUT2D eigenvalue weighted by Crippen LogP contribution is 2.21. The summed E-state index contributed by atoms with van der Waals surface area (Å²) in [5, 5.41) is 0. The van der Waals surface area contributed by atoms with E-state index in [1.54, 1.807) is 17.9 Å². The van der Waals surface area contributed by atoms with Gasteiger partial charge in [0.1, 0.15) is 5.75 Å². The van der Waals surface area contributed by atoms with Crippen molar-refractivity contribution in [1.29, 1.82) is 0 Å². The number of aryl methyl sites for hydroxylation is 1. The molecule has 1 rings (SSSR count). The number of halogens is 1. The maximum atomic E-state index is 11.6. The summed E-state index contributed by atoms with van der Waals surface area (Å²) >= 11 is 5.18. The van der Waals surface area contributed by atoms with Crippen LogP contribution in [0, 0.1) is 0 Å². The molecular weight excluding hydrogens is 278 g/mol. The van der Waals surface area contributed by atoms with Crippen molar-refractivity contribution in [2.24, 2.45) is 0 Å². The lowest BCUT2D eigenvalue weighted by Gasteiger charge is -2.08. The summed E-state index contributed by atoms with van der Waals surface area (Å²) in [4.78, 5) is 11.6. The van der Waals surface area contributed by atoms with Crippen molar-refractivity contribution in [3.05, 3.63) is 27.1 Å². The molecule has 1 heterocycles. The van der Waals surface area contributed by atoms with E-state index in [1.807, 2.05) is 11.8 Å². The van der Waals surface area contributed by atoms with Crippen LogP contribution in [0.15, 0.2) is 21.5 Å². The Labute approximate surface area is 102 Å². The summed E-state index contributed by atoms with van der Waals surface area (Å²) in [5.74, 6) is 2.61. The van der Waals surface area contributed by atoms with Crippen molar-refractivity contribution in [3.63, 3.8) is 0 Å². The van der Waals surface area contributed by atoms with E-state index < -0.39 is 0 Å². The molecule has 0 aliphatic carbocycles. The summed E-state index contributed by atoms with van der Waals surface area (Å²) in [5.41, 5.74) is -0.0215. The van der Waals surface area contributed by atoms with Gasteiger partial charge >= 0.3 is 0 Å². The largest absolute Gasteiger partial charge is 0.495 e. The predicted molar refractivity (Wildman–Crippen MR) is 68.0 cm³/mol. The third-order valence-corrected chi connectivity index (χ3v) is 3.42. The van der Waals surface area contributed by atoms with Crippen molar-refractivity contribution >= 4 is 27.7 Å². The van der Waals surface area contributed by atoms with E-state index in [0.29, 0.717) is 5.75 Å². The summed E-state index contributed by atoms with van der Waals surface area (Å²) in [7, 11) is 1.55. The van der Waals surface area contributed by atoms with E-state index in [1.165, 1.54) is 6.07 Å². The van der Waals surface area contributed by atoms with Crippen LogP contribution in [0.5, 0.6) is 5.75 Å². The highest BCUT2D eigenvalue weighted by Gasteiger charge is 2.04. The Kier molecular flexibility index (Phi) is 5.25. The Morgan fingerprint density at radius 3 is 2.93 bits per heavy atom. The number of nitrogens with zero attached hydrogens (tertiary/aromatic N) is 1. The number of methoxy groups -OCH3 is 1. The number of aromatic nitrogens is 1.